The van der Waals surface area contributed by atoms with Crippen LogP contribution in [0.2, 0.25) is 0 Å². The molecule has 0 atom stereocenters. The maximum absolute atomic E-state index is 5.95. The highest BCUT2D eigenvalue weighted by atomic mass is 79.9. The smallest absolute Gasteiger partial charge is 0.124 e. The minimum absolute atomic E-state index is 0. The highest BCUT2D eigenvalue weighted by Gasteiger charge is 2.06. The molecule has 0 aromatic heterocycles. The van der Waals surface area contributed by atoms with Gasteiger partial charge in [-0.3, -0.25) is 0 Å². The van der Waals surface area contributed by atoms with E-state index in [1.807, 2.05) is 30.3 Å². The summed E-state index contributed by atoms with van der Waals surface area (Å²) in [6, 6.07) is 16.8. The van der Waals surface area contributed by atoms with Gasteiger partial charge in [0, 0.05) is 22.6 Å². The second-order valence-electron chi connectivity index (χ2n) is 5.06. The van der Waals surface area contributed by atoms with Gasteiger partial charge in [0.05, 0.1) is 0 Å². The predicted molar refractivity (Wildman–Crippen MR) is 94.1 cm³/mol. The van der Waals surface area contributed by atoms with Crippen LogP contribution in [-0.2, 0) is 13.2 Å². The van der Waals surface area contributed by atoms with Crippen molar-refractivity contribution in [2.75, 3.05) is 0 Å². The van der Waals surface area contributed by atoms with E-state index in [0.717, 1.165) is 16.8 Å². The Bertz CT molecular complexity index is 546. The zero-order valence-corrected chi connectivity index (χ0v) is 14.7. The lowest BCUT2D eigenvalue weighted by atomic mass is 10.2. The molecule has 2 aromatic rings. The fourth-order valence-electron chi connectivity index (χ4n) is 1.88. The van der Waals surface area contributed by atoms with E-state index in [2.05, 4.69) is 53.3 Å². The summed E-state index contributed by atoms with van der Waals surface area (Å²) in [5.74, 6) is 0.935. The third kappa shape index (κ3) is 6.08. The van der Waals surface area contributed by atoms with Crippen LogP contribution in [0.1, 0.15) is 25.0 Å². The van der Waals surface area contributed by atoms with Gasteiger partial charge < -0.3 is 10.1 Å². The molecule has 0 aliphatic carbocycles. The molecular weight excluding hydrogens is 350 g/mol. The first kappa shape index (κ1) is 18.0. The van der Waals surface area contributed by atoms with Gasteiger partial charge in [-0.05, 0) is 23.8 Å². The molecule has 114 valence electrons. The predicted octanol–water partition coefficient (Wildman–Crippen LogP) is 4.95. The van der Waals surface area contributed by atoms with E-state index in [-0.39, 0.29) is 12.4 Å². The Kier molecular flexibility index (Phi) is 7.79. The molecule has 0 saturated heterocycles. The summed E-state index contributed by atoms with van der Waals surface area (Å²) in [7, 11) is 0. The van der Waals surface area contributed by atoms with Gasteiger partial charge in [0.15, 0.2) is 0 Å². The SMILES string of the molecule is CC(C)NCc1cc(Br)ccc1OCc1ccccc1.Cl. The van der Waals surface area contributed by atoms with Crippen molar-refractivity contribution >= 4 is 28.3 Å². The van der Waals surface area contributed by atoms with Gasteiger partial charge in [-0.1, -0.05) is 60.1 Å². The number of halogens is 2. The molecule has 0 amide bonds. The maximum Gasteiger partial charge on any atom is 0.124 e. The lowest BCUT2D eigenvalue weighted by molar-refractivity contribution is 0.301. The fraction of sp³-hybridized carbons (Fsp3) is 0.294. The van der Waals surface area contributed by atoms with Crippen molar-refractivity contribution in [1.29, 1.82) is 0 Å². The average Bonchev–Trinajstić information content (AvgIpc) is 2.45. The van der Waals surface area contributed by atoms with Gasteiger partial charge in [-0.15, -0.1) is 12.4 Å². The molecule has 1 N–H and O–H groups in total. The molecule has 0 saturated carbocycles. The standard InChI is InChI=1S/C17H20BrNO.ClH/c1-13(2)19-11-15-10-16(18)8-9-17(15)20-12-14-6-4-3-5-7-14;/h3-10,13,19H,11-12H2,1-2H3;1H. The van der Waals surface area contributed by atoms with E-state index in [0.29, 0.717) is 12.6 Å². The first-order valence-corrected chi connectivity index (χ1v) is 7.63. The van der Waals surface area contributed by atoms with Crippen LogP contribution in [0.25, 0.3) is 0 Å². The summed E-state index contributed by atoms with van der Waals surface area (Å²) in [5, 5.41) is 3.43. The van der Waals surface area contributed by atoms with Crippen LogP contribution in [0, 0.1) is 0 Å². The van der Waals surface area contributed by atoms with Crippen molar-refractivity contribution in [2.45, 2.75) is 33.0 Å². The van der Waals surface area contributed by atoms with E-state index in [1.165, 1.54) is 11.1 Å². The van der Waals surface area contributed by atoms with Crippen LogP contribution < -0.4 is 10.1 Å². The van der Waals surface area contributed by atoms with E-state index < -0.39 is 0 Å². The maximum atomic E-state index is 5.95. The first-order valence-electron chi connectivity index (χ1n) is 6.83. The molecule has 0 unspecified atom stereocenters. The van der Waals surface area contributed by atoms with Crippen molar-refractivity contribution in [1.82, 2.24) is 5.32 Å². The van der Waals surface area contributed by atoms with Crippen LogP contribution in [0.3, 0.4) is 0 Å². The van der Waals surface area contributed by atoms with Gasteiger partial charge in [0.1, 0.15) is 12.4 Å². The average molecular weight is 371 g/mol. The molecule has 0 bridgehead atoms. The summed E-state index contributed by atoms with van der Waals surface area (Å²) >= 11 is 3.52. The quantitative estimate of drug-likeness (QED) is 0.777. The van der Waals surface area contributed by atoms with Gasteiger partial charge in [0.25, 0.3) is 0 Å². The van der Waals surface area contributed by atoms with E-state index in [4.69, 9.17) is 4.74 Å². The third-order valence-corrected chi connectivity index (χ3v) is 3.45. The minimum atomic E-state index is 0. The monoisotopic (exact) mass is 369 g/mol. The molecular formula is C17H21BrClNO. The Labute approximate surface area is 141 Å². The van der Waals surface area contributed by atoms with Gasteiger partial charge in [0.2, 0.25) is 0 Å². The molecule has 4 heteroatoms. The molecule has 0 spiro atoms. The van der Waals surface area contributed by atoms with Gasteiger partial charge >= 0.3 is 0 Å². The Balaban J connectivity index is 0.00000220. The highest BCUT2D eigenvalue weighted by Crippen LogP contribution is 2.24. The summed E-state index contributed by atoms with van der Waals surface area (Å²) in [4.78, 5) is 0. The molecule has 21 heavy (non-hydrogen) atoms. The van der Waals surface area contributed by atoms with Gasteiger partial charge in [-0.25, -0.2) is 0 Å². The van der Waals surface area contributed by atoms with Crippen LogP contribution in [0.5, 0.6) is 5.75 Å². The largest absolute Gasteiger partial charge is 0.489 e. The lowest BCUT2D eigenvalue weighted by Gasteiger charge is -2.14. The fourth-order valence-corrected chi connectivity index (χ4v) is 2.28. The van der Waals surface area contributed by atoms with E-state index in [9.17, 15) is 0 Å². The van der Waals surface area contributed by atoms with E-state index >= 15 is 0 Å². The summed E-state index contributed by atoms with van der Waals surface area (Å²) in [6.45, 7) is 5.68. The summed E-state index contributed by atoms with van der Waals surface area (Å²) in [5.41, 5.74) is 2.35. The summed E-state index contributed by atoms with van der Waals surface area (Å²) < 4.78 is 7.02. The summed E-state index contributed by atoms with van der Waals surface area (Å²) in [6.07, 6.45) is 0. The molecule has 0 fully saturated rings. The molecule has 2 aromatic carbocycles. The second-order valence-corrected chi connectivity index (χ2v) is 5.98. The number of ether oxygens (including phenoxy) is 1. The Morgan fingerprint density at radius 1 is 1.10 bits per heavy atom. The third-order valence-electron chi connectivity index (χ3n) is 2.96. The van der Waals surface area contributed by atoms with Crippen LogP contribution in [-0.4, -0.2) is 6.04 Å². The van der Waals surface area contributed by atoms with Gasteiger partial charge in [-0.2, -0.15) is 0 Å². The van der Waals surface area contributed by atoms with Crippen molar-refractivity contribution in [3.63, 3.8) is 0 Å². The van der Waals surface area contributed by atoms with Crippen LogP contribution in [0.15, 0.2) is 53.0 Å². The number of hydrogen-bond donors (Lipinski definition) is 1. The Morgan fingerprint density at radius 2 is 1.81 bits per heavy atom. The molecule has 0 aliphatic rings. The number of hydrogen-bond acceptors (Lipinski definition) is 2. The molecule has 0 aliphatic heterocycles. The van der Waals surface area contributed by atoms with Crippen molar-refractivity contribution in [3.05, 3.63) is 64.1 Å². The molecule has 2 nitrogen and oxygen atoms in total. The van der Waals surface area contributed by atoms with Crippen molar-refractivity contribution in [2.24, 2.45) is 0 Å². The van der Waals surface area contributed by atoms with Crippen LogP contribution in [0.4, 0.5) is 0 Å². The number of benzene rings is 2. The first-order chi connectivity index (χ1) is 9.65. The Hall–Kier alpha value is -1.03. The second kappa shape index (κ2) is 9.08. The number of nitrogens with one attached hydrogen (secondary N) is 1. The number of rotatable bonds is 6. The normalized spacial score (nSPS) is 10.3. The highest BCUT2D eigenvalue weighted by molar-refractivity contribution is 9.10. The van der Waals surface area contributed by atoms with Crippen molar-refractivity contribution in [3.8, 4) is 5.75 Å². The zero-order chi connectivity index (χ0) is 14.4. The Morgan fingerprint density at radius 3 is 2.48 bits per heavy atom. The lowest BCUT2D eigenvalue weighted by Crippen LogP contribution is -2.22. The molecule has 0 radical (unpaired) electrons. The topological polar surface area (TPSA) is 21.3 Å². The van der Waals surface area contributed by atoms with E-state index in [1.54, 1.807) is 0 Å². The zero-order valence-electron chi connectivity index (χ0n) is 12.3. The minimum Gasteiger partial charge on any atom is -0.489 e. The molecule has 0 heterocycles. The van der Waals surface area contributed by atoms with Crippen molar-refractivity contribution < 1.29 is 4.74 Å². The van der Waals surface area contributed by atoms with Crippen LogP contribution >= 0.6 is 28.3 Å². The molecule has 2 rings (SSSR count).